The largest absolute Gasteiger partial charge is 0.377 e. The van der Waals surface area contributed by atoms with Gasteiger partial charge in [-0.2, -0.15) is 4.31 Å². The lowest BCUT2D eigenvalue weighted by atomic mass is 10.1. The van der Waals surface area contributed by atoms with Gasteiger partial charge in [-0.3, -0.25) is 4.79 Å². The van der Waals surface area contributed by atoms with E-state index in [0.717, 1.165) is 11.1 Å². The van der Waals surface area contributed by atoms with Gasteiger partial charge in [0.1, 0.15) is 0 Å². The van der Waals surface area contributed by atoms with Crippen LogP contribution in [-0.4, -0.2) is 50.5 Å². The Morgan fingerprint density at radius 3 is 2.19 bits per heavy atom. The minimum Gasteiger partial charge on any atom is -0.377 e. The molecule has 0 aliphatic carbocycles. The molecule has 7 nitrogen and oxygen atoms in total. The van der Waals surface area contributed by atoms with E-state index in [1.54, 1.807) is 12.1 Å². The second-order valence-corrected chi connectivity index (χ2v) is 9.68. The number of hydrogen-bond donors (Lipinski definition) is 1. The zero-order chi connectivity index (χ0) is 22.4. The number of carbonyl (C=O) groups is 1. The molecule has 0 radical (unpaired) electrons. The van der Waals surface area contributed by atoms with Gasteiger partial charge < -0.3 is 14.8 Å². The number of benzene rings is 2. The summed E-state index contributed by atoms with van der Waals surface area (Å²) in [5.74, 6) is -0.254. The van der Waals surface area contributed by atoms with Crippen LogP contribution in [0.3, 0.4) is 0 Å². The van der Waals surface area contributed by atoms with Gasteiger partial charge in [-0.05, 0) is 56.2 Å². The summed E-state index contributed by atoms with van der Waals surface area (Å²) >= 11 is 0. The van der Waals surface area contributed by atoms with Crippen LogP contribution >= 0.6 is 0 Å². The van der Waals surface area contributed by atoms with Crippen LogP contribution in [0.4, 0.5) is 0 Å². The number of hydrogen-bond acceptors (Lipinski definition) is 5. The van der Waals surface area contributed by atoms with Crippen molar-refractivity contribution in [2.24, 2.45) is 0 Å². The summed E-state index contributed by atoms with van der Waals surface area (Å²) < 4.78 is 38.3. The zero-order valence-corrected chi connectivity index (χ0v) is 19.0. The molecule has 1 amide bonds. The number of carbonyl (C=O) groups excluding carboxylic acids is 1. The Bertz CT molecular complexity index is 964. The summed E-state index contributed by atoms with van der Waals surface area (Å²) in [5.41, 5.74) is 2.47. The number of rotatable bonds is 8. The Hall–Kier alpha value is -2.26. The Morgan fingerprint density at radius 1 is 1.03 bits per heavy atom. The fourth-order valence-electron chi connectivity index (χ4n) is 3.51. The van der Waals surface area contributed by atoms with E-state index in [1.807, 2.05) is 45.0 Å². The predicted molar refractivity (Wildman–Crippen MR) is 118 cm³/mol. The number of nitrogens with one attached hydrogen (secondary N) is 1. The average Bonchev–Trinajstić information content (AvgIpc) is 2.76. The van der Waals surface area contributed by atoms with Crippen LogP contribution in [0.1, 0.15) is 42.3 Å². The lowest BCUT2D eigenvalue weighted by Gasteiger charge is -2.34. The highest BCUT2D eigenvalue weighted by atomic mass is 32.2. The van der Waals surface area contributed by atoms with E-state index in [-0.39, 0.29) is 23.0 Å². The van der Waals surface area contributed by atoms with Crippen LogP contribution in [0.2, 0.25) is 0 Å². The first-order valence-electron chi connectivity index (χ1n) is 10.5. The fourth-order valence-corrected chi connectivity index (χ4v) is 5.10. The molecular formula is C23H30N2O5S. The van der Waals surface area contributed by atoms with Gasteiger partial charge >= 0.3 is 0 Å². The van der Waals surface area contributed by atoms with Crippen molar-refractivity contribution in [2.75, 3.05) is 19.7 Å². The molecule has 2 atom stereocenters. The first-order valence-corrected chi connectivity index (χ1v) is 11.9. The van der Waals surface area contributed by atoms with Gasteiger partial charge in [-0.25, -0.2) is 8.42 Å². The monoisotopic (exact) mass is 446 g/mol. The van der Waals surface area contributed by atoms with Gasteiger partial charge in [0.05, 0.1) is 23.7 Å². The second-order valence-electron chi connectivity index (χ2n) is 7.74. The quantitative estimate of drug-likeness (QED) is 0.674. The van der Waals surface area contributed by atoms with E-state index >= 15 is 0 Å². The third kappa shape index (κ3) is 6.13. The molecule has 0 spiro atoms. The first kappa shape index (κ1) is 23.4. The molecule has 1 aliphatic heterocycles. The molecule has 8 heteroatoms. The number of sulfonamides is 1. The van der Waals surface area contributed by atoms with Crippen molar-refractivity contribution < 1.29 is 22.7 Å². The Kier molecular flexibility index (Phi) is 7.83. The minimum absolute atomic E-state index is 0.156. The molecular weight excluding hydrogens is 416 g/mol. The van der Waals surface area contributed by atoms with Crippen LogP contribution < -0.4 is 5.32 Å². The molecule has 0 aromatic heterocycles. The highest BCUT2D eigenvalue weighted by Crippen LogP contribution is 2.21. The molecule has 3 rings (SSSR count). The summed E-state index contributed by atoms with van der Waals surface area (Å²) in [6.45, 7) is 7.93. The Morgan fingerprint density at radius 2 is 1.61 bits per heavy atom. The third-order valence-electron chi connectivity index (χ3n) is 5.09. The van der Waals surface area contributed by atoms with E-state index in [0.29, 0.717) is 38.4 Å². The lowest BCUT2D eigenvalue weighted by molar-refractivity contribution is -0.0440. The smallest absolute Gasteiger partial charge is 0.251 e. The average molecular weight is 447 g/mol. The summed E-state index contributed by atoms with van der Waals surface area (Å²) in [7, 11) is -3.63. The first-order chi connectivity index (χ1) is 14.8. The number of nitrogens with zero attached hydrogens (tertiary/aromatic N) is 1. The SMILES string of the molecule is CCOCc1ccc(CNC(=O)c2ccc(S(=O)(=O)N3CC(C)OC(C)C3)cc2)cc1. The van der Waals surface area contributed by atoms with Gasteiger partial charge in [0, 0.05) is 31.8 Å². The molecule has 2 aromatic carbocycles. The van der Waals surface area contributed by atoms with E-state index in [2.05, 4.69) is 5.32 Å². The molecule has 0 bridgehead atoms. The second kappa shape index (κ2) is 10.4. The van der Waals surface area contributed by atoms with Crippen molar-refractivity contribution in [3.63, 3.8) is 0 Å². The lowest BCUT2D eigenvalue weighted by Crippen LogP contribution is -2.48. The van der Waals surface area contributed by atoms with Crippen molar-refractivity contribution in [1.82, 2.24) is 9.62 Å². The Labute approximate surface area is 184 Å². The zero-order valence-electron chi connectivity index (χ0n) is 18.2. The van der Waals surface area contributed by atoms with Crippen LogP contribution in [0, 0.1) is 0 Å². The van der Waals surface area contributed by atoms with E-state index < -0.39 is 10.0 Å². The maximum atomic E-state index is 12.9. The molecule has 1 N–H and O–H groups in total. The fraction of sp³-hybridized carbons (Fsp3) is 0.435. The number of morpholine rings is 1. The summed E-state index contributed by atoms with van der Waals surface area (Å²) in [5, 5.41) is 2.86. The van der Waals surface area contributed by atoms with Gasteiger partial charge in [-0.15, -0.1) is 0 Å². The van der Waals surface area contributed by atoms with Gasteiger partial charge in [0.2, 0.25) is 10.0 Å². The maximum Gasteiger partial charge on any atom is 0.251 e. The van der Waals surface area contributed by atoms with Crippen LogP contribution in [0.25, 0.3) is 0 Å². The van der Waals surface area contributed by atoms with Crippen LogP contribution in [0.15, 0.2) is 53.4 Å². The normalized spacial score (nSPS) is 19.8. The molecule has 1 fully saturated rings. The standard InChI is InChI=1S/C23H30N2O5S/c1-4-29-16-20-7-5-19(6-8-20)13-24-23(26)21-9-11-22(12-10-21)31(27,28)25-14-17(2)30-18(3)15-25/h5-12,17-18H,4,13-16H2,1-3H3,(H,24,26). The van der Waals surface area contributed by atoms with Gasteiger partial charge in [-0.1, -0.05) is 24.3 Å². The van der Waals surface area contributed by atoms with E-state index in [1.165, 1.54) is 16.4 Å². The van der Waals surface area contributed by atoms with E-state index in [9.17, 15) is 13.2 Å². The van der Waals surface area contributed by atoms with Crippen molar-refractivity contribution in [3.05, 3.63) is 65.2 Å². The molecule has 0 saturated carbocycles. The number of amides is 1. The summed E-state index contributed by atoms with van der Waals surface area (Å²) in [6, 6.07) is 13.9. The third-order valence-corrected chi connectivity index (χ3v) is 6.94. The van der Waals surface area contributed by atoms with Crippen molar-refractivity contribution in [1.29, 1.82) is 0 Å². The summed E-state index contributed by atoms with van der Waals surface area (Å²) in [4.78, 5) is 12.6. The van der Waals surface area contributed by atoms with E-state index in [4.69, 9.17) is 9.47 Å². The number of ether oxygens (including phenoxy) is 2. The highest BCUT2D eigenvalue weighted by molar-refractivity contribution is 7.89. The van der Waals surface area contributed by atoms with Gasteiger partial charge in [0.15, 0.2) is 0 Å². The molecule has 1 heterocycles. The van der Waals surface area contributed by atoms with Crippen molar-refractivity contribution in [3.8, 4) is 0 Å². The summed E-state index contributed by atoms with van der Waals surface area (Å²) in [6.07, 6.45) is -0.311. The molecule has 1 aliphatic rings. The minimum atomic E-state index is -3.63. The van der Waals surface area contributed by atoms with Crippen LogP contribution in [0.5, 0.6) is 0 Å². The van der Waals surface area contributed by atoms with Gasteiger partial charge in [0.25, 0.3) is 5.91 Å². The molecule has 168 valence electrons. The topological polar surface area (TPSA) is 84.9 Å². The molecule has 31 heavy (non-hydrogen) atoms. The van der Waals surface area contributed by atoms with Crippen molar-refractivity contribution in [2.45, 2.75) is 51.0 Å². The van der Waals surface area contributed by atoms with Crippen LogP contribution in [-0.2, 0) is 32.6 Å². The molecule has 1 saturated heterocycles. The highest BCUT2D eigenvalue weighted by Gasteiger charge is 2.32. The Balaban J connectivity index is 1.59. The molecule has 2 aromatic rings. The van der Waals surface area contributed by atoms with Crippen molar-refractivity contribution >= 4 is 15.9 Å². The predicted octanol–water partition coefficient (Wildman–Crippen LogP) is 2.95. The molecule has 2 unspecified atom stereocenters. The maximum absolute atomic E-state index is 12.9.